The number of hydrogen-bond donors (Lipinski definition) is 2. The summed E-state index contributed by atoms with van der Waals surface area (Å²) in [6, 6.07) is 5.73. The lowest BCUT2D eigenvalue weighted by molar-refractivity contribution is 0.0531. The number of hydrogen-bond acceptors (Lipinski definition) is 8. The molecule has 0 saturated heterocycles. The van der Waals surface area contributed by atoms with Crippen LogP contribution in [0.4, 0.5) is 5.69 Å². The zero-order valence-corrected chi connectivity index (χ0v) is 19.9. The molecule has 1 aliphatic carbocycles. The van der Waals surface area contributed by atoms with Crippen LogP contribution in [0.2, 0.25) is 0 Å². The minimum atomic E-state index is -3.98. The van der Waals surface area contributed by atoms with Gasteiger partial charge in [0.15, 0.2) is 4.96 Å². The first-order valence-corrected chi connectivity index (χ1v) is 12.5. The number of phenols is 1. The maximum Gasteiger partial charge on any atom is 0.349 e. The van der Waals surface area contributed by atoms with Crippen molar-refractivity contribution in [3.05, 3.63) is 69.5 Å². The highest BCUT2D eigenvalue weighted by Gasteiger charge is 2.30. The van der Waals surface area contributed by atoms with Crippen LogP contribution in [-0.4, -0.2) is 42.6 Å². The average molecular weight is 490 g/mol. The Morgan fingerprint density at radius 2 is 2.06 bits per heavy atom. The molecule has 0 saturated carbocycles. The zero-order chi connectivity index (χ0) is 23.8. The number of benzene rings is 1. The molecule has 2 N–H and O–H groups in total. The second-order valence-electron chi connectivity index (χ2n) is 7.35. The number of carbonyl (C=O) groups is 1. The van der Waals surface area contributed by atoms with Crippen molar-refractivity contribution < 1.29 is 27.8 Å². The topological polar surface area (TPSA) is 119 Å². The number of nitrogens with one attached hydrogen (secondary N) is 1. The molecule has 0 spiro atoms. The number of thiazole rings is 1. The summed E-state index contributed by atoms with van der Waals surface area (Å²) in [4.78, 5) is 17.8. The van der Waals surface area contributed by atoms with E-state index in [-0.39, 0.29) is 28.9 Å². The van der Waals surface area contributed by atoms with E-state index in [4.69, 9.17) is 9.47 Å². The van der Waals surface area contributed by atoms with E-state index in [9.17, 15) is 18.3 Å². The molecule has 0 bridgehead atoms. The monoisotopic (exact) mass is 489 g/mol. The van der Waals surface area contributed by atoms with Crippen LogP contribution in [0.1, 0.15) is 40.3 Å². The number of sulfonamides is 1. The highest BCUT2D eigenvalue weighted by Crippen LogP contribution is 2.37. The molecule has 3 aromatic rings. The third-order valence-electron chi connectivity index (χ3n) is 5.16. The van der Waals surface area contributed by atoms with E-state index in [1.54, 1.807) is 25.3 Å². The Morgan fingerprint density at radius 1 is 1.33 bits per heavy atom. The summed E-state index contributed by atoms with van der Waals surface area (Å²) in [5, 5.41) is 9.45. The van der Waals surface area contributed by atoms with Crippen LogP contribution < -0.4 is 4.72 Å². The van der Waals surface area contributed by atoms with Crippen molar-refractivity contribution in [1.29, 1.82) is 0 Å². The van der Waals surface area contributed by atoms with Gasteiger partial charge in [-0.1, -0.05) is 17.4 Å². The van der Waals surface area contributed by atoms with E-state index in [1.165, 1.54) is 42.7 Å². The number of aryl methyl sites for hydroxylation is 1. The number of aromatic nitrogens is 2. The third-order valence-corrected chi connectivity index (χ3v) is 7.54. The minimum absolute atomic E-state index is 0.00419. The number of methoxy groups -OCH3 is 1. The number of anilines is 1. The van der Waals surface area contributed by atoms with Crippen LogP contribution in [0.5, 0.6) is 5.75 Å². The number of ether oxygens (including phenoxy) is 2. The minimum Gasteiger partial charge on any atom is -0.508 e. The molecule has 4 rings (SSSR count). The molecule has 11 heteroatoms. The van der Waals surface area contributed by atoms with Crippen molar-refractivity contribution in [2.24, 2.45) is 0 Å². The van der Waals surface area contributed by atoms with Crippen molar-refractivity contribution in [1.82, 2.24) is 9.38 Å². The maximum atomic E-state index is 13.2. The molecule has 174 valence electrons. The standard InChI is InChI=1S/C22H23N3O6S2/c1-4-31-21(27)18-12-25-20(13(2)23-22(25)32-18)14-5-10-17(30-3)19(11-14)33(28,29)24-15-6-8-16(26)9-7-15/h6-12,14,24,26H,4-5H2,1-3H3. The molecule has 9 nitrogen and oxygen atoms in total. The van der Waals surface area contributed by atoms with E-state index in [1.807, 2.05) is 11.3 Å². The quantitative estimate of drug-likeness (QED) is 0.381. The number of nitrogens with zero attached hydrogens (tertiary/aromatic N) is 2. The molecule has 2 aromatic heterocycles. The fraction of sp³-hybridized carbons (Fsp3) is 0.273. The van der Waals surface area contributed by atoms with Gasteiger partial charge in [0.25, 0.3) is 10.0 Å². The summed E-state index contributed by atoms with van der Waals surface area (Å²) >= 11 is 1.22. The van der Waals surface area contributed by atoms with Crippen LogP contribution in [0.15, 0.2) is 53.3 Å². The Labute approximate surface area is 195 Å². The molecule has 2 heterocycles. The summed E-state index contributed by atoms with van der Waals surface area (Å²) in [6.07, 6.45) is 5.55. The van der Waals surface area contributed by atoms with Crippen LogP contribution in [0.3, 0.4) is 0 Å². The lowest BCUT2D eigenvalue weighted by Gasteiger charge is -2.22. The lowest BCUT2D eigenvalue weighted by Crippen LogP contribution is -2.20. The van der Waals surface area contributed by atoms with E-state index in [0.717, 1.165) is 11.4 Å². The van der Waals surface area contributed by atoms with Crippen molar-refractivity contribution in [3.63, 3.8) is 0 Å². The lowest BCUT2D eigenvalue weighted by atomic mass is 9.95. The van der Waals surface area contributed by atoms with Crippen molar-refractivity contribution in [2.45, 2.75) is 26.2 Å². The van der Waals surface area contributed by atoms with E-state index in [0.29, 0.717) is 21.9 Å². The Bertz CT molecular complexity index is 1370. The molecular formula is C22H23N3O6S2. The number of esters is 1. The maximum absolute atomic E-state index is 13.2. The molecule has 33 heavy (non-hydrogen) atoms. The largest absolute Gasteiger partial charge is 0.508 e. The number of allylic oxidation sites excluding steroid dienone is 2. The fourth-order valence-corrected chi connectivity index (χ4v) is 5.98. The molecule has 0 radical (unpaired) electrons. The molecular weight excluding hydrogens is 466 g/mol. The molecule has 1 atom stereocenters. The normalized spacial score (nSPS) is 16.3. The number of aromatic hydroxyl groups is 1. The Balaban J connectivity index is 1.72. The predicted molar refractivity (Wildman–Crippen MR) is 125 cm³/mol. The van der Waals surface area contributed by atoms with Crippen LogP contribution >= 0.6 is 11.3 Å². The second-order valence-corrected chi connectivity index (χ2v) is 10.0. The van der Waals surface area contributed by atoms with Crippen molar-refractivity contribution in [3.8, 4) is 5.75 Å². The molecule has 0 amide bonds. The Hall–Kier alpha value is -3.31. The summed E-state index contributed by atoms with van der Waals surface area (Å²) in [7, 11) is -2.56. The van der Waals surface area contributed by atoms with Gasteiger partial charge in [0.05, 0.1) is 25.1 Å². The molecule has 1 unspecified atom stereocenters. The second kappa shape index (κ2) is 8.91. The number of carbonyl (C=O) groups excluding carboxylic acids is 1. The average Bonchev–Trinajstić information content (AvgIpc) is 3.31. The van der Waals surface area contributed by atoms with Gasteiger partial charge in [0.1, 0.15) is 21.3 Å². The summed E-state index contributed by atoms with van der Waals surface area (Å²) < 4.78 is 41.2. The van der Waals surface area contributed by atoms with Crippen LogP contribution in [0.25, 0.3) is 4.96 Å². The van der Waals surface area contributed by atoms with Gasteiger partial charge in [-0.25, -0.2) is 18.2 Å². The molecule has 1 aliphatic rings. The SMILES string of the molecule is CCOC(=O)c1cn2c(C3C=C(S(=O)(=O)Nc4ccc(O)cc4)C(OC)=CC3)c(C)nc2s1. The predicted octanol–water partition coefficient (Wildman–Crippen LogP) is 3.93. The summed E-state index contributed by atoms with van der Waals surface area (Å²) in [6.45, 7) is 3.87. The Morgan fingerprint density at radius 3 is 2.73 bits per heavy atom. The third kappa shape index (κ3) is 4.46. The molecule has 0 fully saturated rings. The fourth-order valence-electron chi connectivity index (χ4n) is 3.72. The number of imidazole rings is 1. The highest BCUT2D eigenvalue weighted by molar-refractivity contribution is 7.96. The van der Waals surface area contributed by atoms with Gasteiger partial charge in [-0.15, -0.1) is 0 Å². The van der Waals surface area contributed by atoms with E-state index < -0.39 is 16.0 Å². The van der Waals surface area contributed by atoms with Gasteiger partial charge in [0.2, 0.25) is 0 Å². The van der Waals surface area contributed by atoms with Gasteiger partial charge < -0.3 is 14.6 Å². The zero-order valence-electron chi connectivity index (χ0n) is 18.2. The summed E-state index contributed by atoms with van der Waals surface area (Å²) in [5.74, 6) is -0.451. The van der Waals surface area contributed by atoms with Crippen LogP contribution in [-0.2, 0) is 19.5 Å². The summed E-state index contributed by atoms with van der Waals surface area (Å²) in [5.41, 5.74) is 1.85. The molecule has 1 aromatic carbocycles. The van der Waals surface area contributed by atoms with Crippen molar-refractivity contribution >= 4 is 38.0 Å². The van der Waals surface area contributed by atoms with Gasteiger partial charge >= 0.3 is 5.97 Å². The highest BCUT2D eigenvalue weighted by atomic mass is 32.2. The van der Waals surface area contributed by atoms with E-state index >= 15 is 0 Å². The number of phenolic OH excluding ortho intramolecular Hbond substituents is 1. The smallest absolute Gasteiger partial charge is 0.349 e. The number of rotatable bonds is 7. The van der Waals surface area contributed by atoms with Gasteiger partial charge in [-0.3, -0.25) is 9.12 Å². The first kappa shape index (κ1) is 22.9. The Kier molecular flexibility index (Phi) is 6.17. The van der Waals surface area contributed by atoms with Crippen LogP contribution in [0, 0.1) is 6.92 Å². The molecule has 0 aliphatic heterocycles. The van der Waals surface area contributed by atoms with Crippen molar-refractivity contribution in [2.75, 3.05) is 18.4 Å². The number of fused-ring (bicyclic) bond motifs is 1. The van der Waals surface area contributed by atoms with Gasteiger partial charge in [-0.05, 0) is 50.6 Å². The van der Waals surface area contributed by atoms with E-state index in [2.05, 4.69) is 9.71 Å². The van der Waals surface area contributed by atoms with Gasteiger partial charge in [-0.2, -0.15) is 0 Å². The van der Waals surface area contributed by atoms with Gasteiger partial charge in [0, 0.05) is 17.8 Å². The first-order valence-electron chi connectivity index (χ1n) is 10.2. The first-order chi connectivity index (χ1) is 15.7.